The molecule has 204 valence electrons. The van der Waals surface area contributed by atoms with E-state index in [1.165, 1.54) is 12.1 Å². The van der Waals surface area contributed by atoms with Gasteiger partial charge in [-0.3, -0.25) is 10.1 Å². The van der Waals surface area contributed by atoms with Crippen molar-refractivity contribution in [1.29, 1.82) is 0 Å². The van der Waals surface area contributed by atoms with E-state index >= 15 is 0 Å². The number of carbonyl (C=O) groups is 2. The molecule has 0 radical (unpaired) electrons. The standard InChI is InChI=1S/C32H25N3O6/c36-31(37)29(34-32(38)41-18-27-23-9-3-1-7-21(23)22-8-2-4-10-24(22)27)17-26-25-11-5-6-12-28(25)33-30(26)19-13-15-20(16-14-19)35(39)40/h1-16,27,29,33H,17-18H2,(H,34,38)(H,36,37). The number of hydrogen-bond acceptors (Lipinski definition) is 5. The smallest absolute Gasteiger partial charge is 0.407 e. The molecule has 0 bridgehead atoms. The minimum absolute atomic E-state index is 0.0319. The minimum Gasteiger partial charge on any atom is -0.480 e. The molecule has 41 heavy (non-hydrogen) atoms. The summed E-state index contributed by atoms with van der Waals surface area (Å²) in [5, 5.41) is 24.5. The van der Waals surface area contributed by atoms with Crippen LogP contribution < -0.4 is 5.32 Å². The van der Waals surface area contributed by atoms with E-state index in [1.54, 1.807) is 12.1 Å². The van der Waals surface area contributed by atoms with Crippen LogP contribution in [0.2, 0.25) is 0 Å². The number of nitrogens with one attached hydrogen (secondary N) is 2. The molecule has 0 saturated carbocycles. The molecule has 9 heteroatoms. The predicted octanol–water partition coefficient (Wildman–Crippen LogP) is 6.28. The van der Waals surface area contributed by atoms with Gasteiger partial charge in [0.2, 0.25) is 0 Å². The van der Waals surface area contributed by atoms with Crippen LogP contribution in [0.15, 0.2) is 97.1 Å². The normalized spacial score (nSPS) is 12.9. The van der Waals surface area contributed by atoms with E-state index in [0.717, 1.165) is 33.2 Å². The lowest BCUT2D eigenvalue weighted by molar-refractivity contribution is -0.384. The lowest BCUT2D eigenvalue weighted by Gasteiger charge is -2.18. The van der Waals surface area contributed by atoms with Gasteiger partial charge in [-0.25, -0.2) is 9.59 Å². The zero-order chi connectivity index (χ0) is 28.5. The third kappa shape index (κ3) is 4.89. The molecule has 1 atom stereocenters. The summed E-state index contributed by atoms with van der Waals surface area (Å²) in [5.41, 5.74) is 6.99. The van der Waals surface area contributed by atoms with Crippen molar-refractivity contribution in [2.45, 2.75) is 18.4 Å². The molecule has 0 fully saturated rings. The zero-order valence-electron chi connectivity index (χ0n) is 21.7. The van der Waals surface area contributed by atoms with Gasteiger partial charge in [0, 0.05) is 41.1 Å². The van der Waals surface area contributed by atoms with E-state index in [2.05, 4.69) is 10.3 Å². The summed E-state index contributed by atoms with van der Waals surface area (Å²) in [7, 11) is 0. The molecule has 6 rings (SSSR count). The van der Waals surface area contributed by atoms with Crippen molar-refractivity contribution in [2.75, 3.05) is 6.61 Å². The molecule has 4 aromatic carbocycles. The van der Waals surface area contributed by atoms with Crippen molar-refractivity contribution >= 4 is 28.7 Å². The third-order valence-electron chi connectivity index (χ3n) is 7.52. The molecule has 0 spiro atoms. The number of amides is 1. The monoisotopic (exact) mass is 547 g/mol. The fourth-order valence-corrected chi connectivity index (χ4v) is 5.59. The molecule has 5 aromatic rings. The number of nitrogens with zero attached hydrogens (tertiary/aromatic N) is 1. The van der Waals surface area contributed by atoms with Crippen LogP contribution in [0.5, 0.6) is 0 Å². The van der Waals surface area contributed by atoms with E-state index in [0.29, 0.717) is 16.8 Å². The second kappa shape index (κ2) is 10.6. The van der Waals surface area contributed by atoms with Gasteiger partial charge in [0.15, 0.2) is 0 Å². The number of rotatable bonds is 8. The van der Waals surface area contributed by atoms with E-state index < -0.39 is 23.0 Å². The van der Waals surface area contributed by atoms with Crippen molar-refractivity contribution < 1.29 is 24.4 Å². The van der Waals surface area contributed by atoms with Crippen molar-refractivity contribution in [3.8, 4) is 22.4 Å². The average molecular weight is 548 g/mol. The van der Waals surface area contributed by atoms with Crippen LogP contribution in [-0.4, -0.2) is 39.7 Å². The van der Waals surface area contributed by atoms with Gasteiger partial charge in [0.1, 0.15) is 12.6 Å². The number of nitro benzene ring substituents is 1. The zero-order valence-corrected chi connectivity index (χ0v) is 21.7. The number of alkyl carbamates (subject to hydrolysis) is 1. The SMILES string of the molecule is O=C(NC(Cc1c(-c2ccc([N+](=O)[O-])cc2)[nH]c2ccccc12)C(=O)O)OCC1c2ccccc2-c2ccccc21. The molecule has 1 aliphatic carbocycles. The Morgan fingerprint density at radius 3 is 2.15 bits per heavy atom. The van der Waals surface area contributed by atoms with Crippen molar-refractivity contribution in [1.82, 2.24) is 10.3 Å². The summed E-state index contributed by atoms with van der Waals surface area (Å²) in [6.45, 7) is 0.0628. The Hall–Kier alpha value is -5.44. The van der Waals surface area contributed by atoms with Crippen molar-refractivity contribution in [3.63, 3.8) is 0 Å². The van der Waals surface area contributed by atoms with Crippen LogP contribution in [0.4, 0.5) is 10.5 Å². The summed E-state index contributed by atoms with van der Waals surface area (Å²) < 4.78 is 5.59. The molecule has 3 N–H and O–H groups in total. The maximum atomic E-state index is 12.9. The number of carboxylic acid groups (broad SMARTS) is 1. The third-order valence-corrected chi connectivity index (χ3v) is 7.52. The first-order valence-electron chi connectivity index (χ1n) is 13.1. The maximum absolute atomic E-state index is 12.9. The first-order valence-corrected chi connectivity index (χ1v) is 13.1. The quantitative estimate of drug-likeness (QED) is 0.155. The van der Waals surface area contributed by atoms with E-state index in [1.807, 2.05) is 72.8 Å². The lowest BCUT2D eigenvalue weighted by Crippen LogP contribution is -2.43. The highest BCUT2D eigenvalue weighted by molar-refractivity contribution is 5.92. The van der Waals surface area contributed by atoms with Gasteiger partial charge in [-0.05, 0) is 51.6 Å². The summed E-state index contributed by atoms with van der Waals surface area (Å²) in [6.07, 6.45) is -0.855. The first-order chi connectivity index (χ1) is 19.9. The summed E-state index contributed by atoms with van der Waals surface area (Å²) in [6, 6.07) is 28.1. The van der Waals surface area contributed by atoms with Gasteiger partial charge < -0.3 is 20.1 Å². The number of carboxylic acids is 1. The molecule has 1 unspecified atom stereocenters. The lowest BCUT2D eigenvalue weighted by atomic mass is 9.98. The fraction of sp³-hybridized carbons (Fsp3) is 0.125. The Morgan fingerprint density at radius 1 is 0.902 bits per heavy atom. The molecular weight excluding hydrogens is 522 g/mol. The molecule has 1 aliphatic rings. The Balaban J connectivity index is 1.23. The molecule has 1 heterocycles. The molecule has 9 nitrogen and oxygen atoms in total. The minimum atomic E-state index is -1.28. The van der Waals surface area contributed by atoms with Gasteiger partial charge in [-0.15, -0.1) is 0 Å². The molecule has 1 aromatic heterocycles. The number of non-ortho nitro benzene ring substituents is 1. The topological polar surface area (TPSA) is 135 Å². The molecule has 0 aliphatic heterocycles. The number of H-pyrrole nitrogens is 1. The van der Waals surface area contributed by atoms with Gasteiger partial charge in [-0.1, -0.05) is 66.7 Å². The van der Waals surface area contributed by atoms with Gasteiger partial charge in [0.05, 0.1) is 4.92 Å². The Morgan fingerprint density at radius 2 is 1.51 bits per heavy atom. The number of ether oxygens (including phenoxy) is 1. The number of aliphatic carboxylic acids is 1. The number of fused-ring (bicyclic) bond motifs is 4. The van der Waals surface area contributed by atoms with Crippen LogP contribution in [0.25, 0.3) is 33.3 Å². The molecule has 1 amide bonds. The number of carbonyl (C=O) groups excluding carboxylic acids is 1. The predicted molar refractivity (Wildman–Crippen MR) is 154 cm³/mol. The second-order valence-corrected chi connectivity index (χ2v) is 9.89. The summed E-state index contributed by atoms with van der Waals surface area (Å²) in [5.74, 6) is -1.36. The highest BCUT2D eigenvalue weighted by Crippen LogP contribution is 2.44. The van der Waals surface area contributed by atoms with Gasteiger partial charge in [-0.2, -0.15) is 0 Å². The summed E-state index contributed by atoms with van der Waals surface area (Å²) >= 11 is 0. The number of benzene rings is 4. The van der Waals surface area contributed by atoms with E-state index in [-0.39, 0.29) is 24.6 Å². The fourth-order valence-electron chi connectivity index (χ4n) is 5.59. The van der Waals surface area contributed by atoms with Crippen LogP contribution in [0.1, 0.15) is 22.6 Å². The van der Waals surface area contributed by atoms with Crippen LogP contribution in [-0.2, 0) is 16.0 Å². The highest BCUT2D eigenvalue weighted by atomic mass is 16.6. The largest absolute Gasteiger partial charge is 0.480 e. The van der Waals surface area contributed by atoms with Gasteiger partial charge >= 0.3 is 12.1 Å². The molecular formula is C32H25N3O6. The maximum Gasteiger partial charge on any atom is 0.407 e. The number of aromatic nitrogens is 1. The van der Waals surface area contributed by atoms with E-state index in [4.69, 9.17) is 4.74 Å². The Kier molecular flexibility index (Phi) is 6.68. The first kappa shape index (κ1) is 25.8. The average Bonchev–Trinajstić information content (AvgIpc) is 3.51. The summed E-state index contributed by atoms with van der Waals surface area (Å²) in [4.78, 5) is 39.2. The number of para-hydroxylation sites is 1. The van der Waals surface area contributed by atoms with Crippen molar-refractivity contribution in [3.05, 3.63) is 124 Å². The van der Waals surface area contributed by atoms with Crippen LogP contribution in [0, 0.1) is 10.1 Å². The van der Waals surface area contributed by atoms with Crippen LogP contribution >= 0.6 is 0 Å². The number of hydrogen-bond donors (Lipinski definition) is 3. The molecule has 0 saturated heterocycles. The second-order valence-electron chi connectivity index (χ2n) is 9.89. The number of aromatic amines is 1. The Labute approximate surface area is 234 Å². The van der Waals surface area contributed by atoms with Crippen molar-refractivity contribution in [2.24, 2.45) is 0 Å². The number of nitro groups is 1. The van der Waals surface area contributed by atoms with Crippen LogP contribution in [0.3, 0.4) is 0 Å². The van der Waals surface area contributed by atoms with Gasteiger partial charge in [0.25, 0.3) is 5.69 Å². The highest BCUT2D eigenvalue weighted by Gasteiger charge is 2.30. The van der Waals surface area contributed by atoms with E-state index in [9.17, 15) is 24.8 Å². The Bertz CT molecular complexity index is 1750.